The second kappa shape index (κ2) is 35.7. The van der Waals surface area contributed by atoms with E-state index in [-0.39, 0.29) is 54.4 Å². The Morgan fingerprint density at radius 2 is 0.948 bits per heavy atom. The number of amides is 1. The number of aromatic nitrogens is 8. The first-order valence-corrected chi connectivity index (χ1v) is 42.1. The van der Waals surface area contributed by atoms with Crippen LogP contribution in [0.15, 0.2) is 122 Å². The van der Waals surface area contributed by atoms with Gasteiger partial charge in [0.1, 0.15) is 23.6 Å². The van der Waals surface area contributed by atoms with E-state index in [1.165, 1.54) is 0 Å². The van der Waals surface area contributed by atoms with Crippen molar-refractivity contribution in [3.63, 3.8) is 0 Å². The van der Waals surface area contributed by atoms with Gasteiger partial charge in [0.05, 0.1) is 68.0 Å². The number of aromatic carboxylic acids is 1. The van der Waals surface area contributed by atoms with Crippen LogP contribution >= 0.6 is 15.2 Å². The summed E-state index contributed by atoms with van der Waals surface area (Å²) in [6.45, 7) is 14.7. The molecule has 0 spiro atoms. The van der Waals surface area contributed by atoms with Gasteiger partial charge in [0.2, 0.25) is 11.9 Å². The zero-order valence-corrected chi connectivity index (χ0v) is 59.6. The van der Waals surface area contributed by atoms with Crippen LogP contribution in [-0.4, -0.2) is 146 Å². The molecule has 4 aromatic carbocycles. The van der Waals surface area contributed by atoms with Crippen molar-refractivity contribution in [2.75, 3.05) is 72.4 Å². The van der Waals surface area contributed by atoms with E-state index in [9.17, 15) is 38.1 Å². The van der Waals surface area contributed by atoms with Crippen LogP contribution in [0.3, 0.4) is 0 Å². The van der Waals surface area contributed by atoms with E-state index in [0.29, 0.717) is 103 Å². The first-order chi connectivity index (χ1) is 45.7. The summed E-state index contributed by atoms with van der Waals surface area (Å²) >= 11 is 0. The number of nitrogens with zero attached hydrogens (tertiary/aromatic N) is 10. The third-order valence-electron chi connectivity index (χ3n) is 14.4. The fourth-order valence-electron chi connectivity index (χ4n) is 8.96. The maximum Gasteiger partial charge on any atom is 0.376 e. The van der Waals surface area contributed by atoms with Crippen LogP contribution in [0.1, 0.15) is 70.6 Å². The Morgan fingerprint density at radius 3 is 1.36 bits per heavy atom. The molecule has 97 heavy (non-hydrogen) atoms. The highest BCUT2D eigenvalue weighted by atomic mass is 31.2. The number of nitrogens with two attached hydrogens (primary N) is 5. The predicted molar refractivity (Wildman–Crippen MR) is 381 cm³/mol. The summed E-state index contributed by atoms with van der Waals surface area (Å²) in [5.74, 6) is -1.24. The molecule has 0 saturated heterocycles. The van der Waals surface area contributed by atoms with E-state index in [0.717, 1.165) is 23.5 Å². The molecule has 0 aliphatic carbocycles. The number of unbranched alkanes of at least 4 members (excludes halogenated alkanes) is 2. The number of carbonyl (C=O) groups excluding carboxylic acids is 3. The molecule has 0 aliphatic rings. The average Bonchev–Trinajstić information content (AvgIpc) is 0.818. The minimum absolute atomic E-state index is 0.0244. The van der Waals surface area contributed by atoms with Crippen LogP contribution in [0.4, 0.5) is 34.9 Å². The van der Waals surface area contributed by atoms with Crippen LogP contribution in [-0.2, 0) is 41.3 Å². The molecule has 0 saturated carbocycles. The second-order valence-corrected chi connectivity index (χ2v) is 40.3. The maximum atomic E-state index is 13.3. The molecule has 4 heterocycles. The number of nitrogen functional groups attached to an aromatic ring is 4. The van der Waals surface area contributed by atoms with Crippen molar-refractivity contribution >= 4 is 112 Å². The van der Waals surface area contributed by atoms with Gasteiger partial charge < -0.3 is 77.2 Å². The Balaban J connectivity index is 0.000000254. The van der Waals surface area contributed by atoms with Gasteiger partial charge in [-0.05, 0) is 111 Å². The van der Waals surface area contributed by atoms with Gasteiger partial charge in [0.15, 0.2) is 34.0 Å². The lowest BCUT2D eigenvalue weighted by atomic mass is 10.1. The number of carboxylic acid groups (broad SMARTS) is 1. The summed E-state index contributed by atoms with van der Waals surface area (Å²) in [6, 6.07) is 30.5. The number of carboxylic acids is 1. The SMILES string of the molecule is CN(Cc1cnc2nc(N)nc(N)c2n1)c1ccc(C(=O)N[C@@H](CCCCP(=O)(O)Oc2ccccc2)C(=O)OCC[Si](C)(C)C)cc1.CN(Cc1cnc2nc(N)nc(N)c2n1)c1ccc(C(=O)O)cc1.C[Si](C)(C)CCOC(=O)[C@@H](N)CCCCP(=O)(O)Oc1ccccc1. The molecule has 520 valence electrons. The topological polar surface area (TPSA) is 452 Å². The van der Waals surface area contributed by atoms with E-state index >= 15 is 0 Å². The predicted octanol–water partition coefficient (Wildman–Crippen LogP) is 9.18. The van der Waals surface area contributed by atoms with E-state index < -0.39 is 67.2 Å². The molecule has 4 aromatic heterocycles. The zero-order chi connectivity index (χ0) is 71.1. The molecule has 0 bridgehead atoms. The van der Waals surface area contributed by atoms with Crippen LogP contribution in [0.25, 0.3) is 22.3 Å². The Hall–Kier alpha value is -9.23. The van der Waals surface area contributed by atoms with Crippen LogP contribution in [0, 0.1) is 0 Å². The van der Waals surface area contributed by atoms with Crippen LogP contribution in [0.5, 0.6) is 11.5 Å². The first kappa shape index (κ1) is 76.8. The normalized spacial score (nSPS) is 13.2. The van der Waals surface area contributed by atoms with Gasteiger partial charge in [0, 0.05) is 47.2 Å². The van der Waals surface area contributed by atoms with E-state index in [4.69, 9.17) is 52.3 Å². The van der Waals surface area contributed by atoms with Crippen molar-refractivity contribution < 1.29 is 61.7 Å². The Labute approximate surface area is 565 Å². The van der Waals surface area contributed by atoms with Crippen molar-refractivity contribution in [2.24, 2.45) is 5.73 Å². The number of benzene rings is 4. The molecule has 0 aliphatic heterocycles. The number of esters is 2. The third-order valence-corrected chi connectivity index (χ3v) is 20.5. The van der Waals surface area contributed by atoms with Crippen LogP contribution in [0.2, 0.25) is 51.4 Å². The molecule has 4 atom stereocenters. The molecule has 2 unspecified atom stereocenters. The van der Waals surface area contributed by atoms with Gasteiger partial charge >= 0.3 is 33.1 Å². The second-order valence-electron chi connectivity index (χ2n) is 25.2. The molecule has 33 heteroatoms. The van der Waals surface area contributed by atoms with Gasteiger partial charge in [-0.2, -0.15) is 19.9 Å². The largest absolute Gasteiger partial charge is 0.478 e. The summed E-state index contributed by atoms with van der Waals surface area (Å²) in [7, 11) is -6.52. The monoisotopic (exact) mass is 1410 g/mol. The summed E-state index contributed by atoms with van der Waals surface area (Å²) in [4.78, 5) is 106. The van der Waals surface area contributed by atoms with E-state index in [1.54, 1.807) is 122 Å². The van der Waals surface area contributed by atoms with Gasteiger partial charge in [-0.3, -0.25) is 9.59 Å². The Morgan fingerprint density at radius 1 is 0.546 bits per heavy atom. The van der Waals surface area contributed by atoms with Crippen molar-refractivity contribution in [3.8, 4) is 11.5 Å². The highest BCUT2D eigenvalue weighted by Gasteiger charge is 2.27. The number of hydrogen-bond donors (Lipinski definition) is 9. The Kier molecular flexibility index (Phi) is 28.2. The van der Waals surface area contributed by atoms with Gasteiger partial charge in [0.25, 0.3) is 5.91 Å². The Bertz CT molecular complexity index is 4020. The molecule has 0 fully saturated rings. The summed E-state index contributed by atoms with van der Waals surface area (Å²) < 4.78 is 45.7. The average molecular weight is 1410 g/mol. The third kappa shape index (κ3) is 26.7. The molecule has 14 N–H and O–H groups in total. The van der Waals surface area contributed by atoms with Gasteiger partial charge in [-0.1, -0.05) is 88.5 Å². The molecular weight excluding hydrogens is 1320 g/mol. The minimum atomic E-state index is -3.89. The lowest BCUT2D eigenvalue weighted by Crippen LogP contribution is -2.42. The lowest BCUT2D eigenvalue weighted by Gasteiger charge is -2.21. The van der Waals surface area contributed by atoms with Crippen molar-refractivity contribution in [1.29, 1.82) is 0 Å². The fraction of sp³-hybridized carbons (Fsp3) is 0.375. The number of fused-ring (bicyclic) bond motifs is 2. The molecule has 0 radical (unpaired) electrons. The van der Waals surface area contributed by atoms with Gasteiger partial charge in [-0.15, -0.1) is 0 Å². The molecule has 1 amide bonds. The van der Waals surface area contributed by atoms with Crippen molar-refractivity contribution in [3.05, 3.63) is 144 Å². The lowest BCUT2D eigenvalue weighted by molar-refractivity contribution is -0.146. The first-order valence-electron chi connectivity index (χ1n) is 31.2. The zero-order valence-electron chi connectivity index (χ0n) is 55.8. The minimum Gasteiger partial charge on any atom is -0.478 e. The maximum absolute atomic E-state index is 13.3. The number of ether oxygens (including phenoxy) is 2. The van der Waals surface area contributed by atoms with Gasteiger partial charge in [-0.25, -0.2) is 38.7 Å². The number of rotatable bonds is 31. The summed E-state index contributed by atoms with van der Waals surface area (Å²) in [5.41, 5.74) is 33.7. The number of anilines is 6. The molecule has 8 rings (SSSR count). The van der Waals surface area contributed by atoms with Crippen LogP contribution < -0.4 is 52.8 Å². The summed E-state index contributed by atoms with van der Waals surface area (Å²) in [5, 5.41) is 11.7. The molecular formula is C64H88N16O13P2Si2. The smallest absolute Gasteiger partial charge is 0.376 e. The summed E-state index contributed by atoms with van der Waals surface area (Å²) in [6.07, 6.45) is 5.50. The highest BCUT2D eigenvalue weighted by molar-refractivity contribution is 7.53. The number of nitrogens with one attached hydrogen (secondary N) is 1. The van der Waals surface area contributed by atoms with E-state index in [2.05, 4.69) is 84.5 Å². The quantitative estimate of drug-likeness (QED) is 0.00845. The molecule has 8 aromatic rings. The number of carbonyl (C=O) groups is 4. The standard InChI is InChI=1S/C32H43N8O6PSi.C17H30NO5PSi.C15H15N7O2/c1-40(21-23-20-35-29-27(36-23)28(33)38-32(34)39-29)24-15-13-22(14-16-24)30(41)37-26(31(42)45-17-19-48(2,3)4)12-8-9-18-47(43,44)46-25-10-6-5-7-11-25;1-25(2,3)14-12-22-17(19)16(18)11-7-8-13-24(20,21)23-15-9-5-4-6-10-15;1-22(10-4-2-8(3-5-10)14(23)24)7-9-6-18-13-11(19-9)12(16)20-15(17)21-13/h5-7,10-11,13-16,20,26H,8-9,12,17-19,21H2,1-4H3,(H,37,41)(H,43,44)(H4,33,34,35,38,39);4-6,9-10,16H,7-8,11-14,18H2,1-3H3,(H,20,21);2-6H,7H2,1H3,(H,23,24)(H4,16,17,18,20,21)/t26-;16-;/m00./s1. The fourth-order valence-corrected chi connectivity index (χ4v) is 12.7. The van der Waals surface area contributed by atoms with Crippen molar-refractivity contribution in [1.82, 2.24) is 45.2 Å². The van der Waals surface area contributed by atoms with E-state index in [1.807, 2.05) is 23.9 Å². The molecule has 29 nitrogen and oxygen atoms in total. The van der Waals surface area contributed by atoms with Crippen molar-refractivity contribution in [2.45, 2.75) is 115 Å². The highest BCUT2D eigenvalue weighted by Crippen LogP contribution is 2.44. The number of hydrogen-bond acceptors (Lipinski definition) is 25. The number of para-hydroxylation sites is 2.